The van der Waals surface area contributed by atoms with Gasteiger partial charge in [0.25, 0.3) is 5.91 Å². The minimum atomic E-state index is -0.159. The molecule has 29 heavy (non-hydrogen) atoms. The number of hydrogen-bond donors (Lipinski definition) is 2. The van der Waals surface area contributed by atoms with Gasteiger partial charge >= 0.3 is 0 Å². The lowest BCUT2D eigenvalue weighted by molar-refractivity contribution is 0.0942. The summed E-state index contributed by atoms with van der Waals surface area (Å²) in [6, 6.07) is 9.88. The van der Waals surface area contributed by atoms with Gasteiger partial charge in [-0.3, -0.25) is 14.8 Å². The largest absolute Gasteiger partial charge is 0.493 e. The van der Waals surface area contributed by atoms with E-state index in [-0.39, 0.29) is 5.91 Å². The van der Waals surface area contributed by atoms with Gasteiger partial charge < -0.3 is 14.8 Å². The van der Waals surface area contributed by atoms with Gasteiger partial charge in [0.05, 0.1) is 24.8 Å². The van der Waals surface area contributed by atoms with Crippen LogP contribution in [-0.4, -0.2) is 54.9 Å². The van der Waals surface area contributed by atoms with Crippen LogP contribution in [0.5, 0.6) is 11.5 Å². The number of nitrogens with one attached hydrogen (secondary N) is 2. The van der Waals surface area contributed by atoms with Crippen LogP contribution in [0.1, 0.15) is 21.6 Å². The molecule has 0 bridgehead atoms. The summed E-state index contributed by atoms with van der Waals surface area (Å²) in [6.45, 7) is 3.13. The SMILES string of the molecule is COc1cc2c(cc1OC)CN(CCNC(=O)c1cc(-c3cccs3)[nH]n1)CC2. The Kier molecular flexibility index (Phi) is 5.82. The van der Waals surface area contributed by atoms with Crippen LogP contribution in [0.25, 0.3) is 10.6 Å². The highest BCUT2D eigenvalue weighted by Crippen LogP contribution is 2.33. The fourth-order valence-electron chi connectivity index (χ4n) is 3.55. The molecule has 7 nitrogen and oxygen atoms in total. The van der Waals surface area contributed by atoms with Crippen molar-refractivity contribution in [1.29, 1.82) is 0 Å². The average Bonchev–Trinajstić information content (AvgIpc) is 3.44. The van der Waals surface area contributed by atoms with Gasteiger partial charge in [-0.2, -0.15) is 5.10 Å². The van der Waals surface area contributed by atoms with E-state index in [1.54, 1.807) is 31.6 Å². The van der Waals surface area contributed by atoms with Crippen molar-refractivity contribution in [3.8, 4) is 22.1 Å². The summed E-state index contributed by atoms with van der Waals surface area (Å²) in [6.07, 6.45) is 0.952. The predicted molar refractivity (Wildman–Crippen MR) is 113 cm³/mol. The maximum atomic E-state index is 12.4. The van der Waals surface area contributed by atoms with E-state index in [0.29, 0.717) is 12.2 Å². The zero-order valence-corrected chi connectivity index (χ0v) is 17.3. The number of fused-ring (bicyclic) bond motifs is 1. The number of hydrogen-bond acceptors (Lipinski definition) is 6. The lowest BCUT2D eigenvalue weighted by Gasteiger charge is -2.29. The maximum absolute atomic E-state index is 12.4. The van der Waals surface area contributed by atoms with E-state index in [2.05, 4.69) is 32.5 Å². The number of benzene rings is 1. The number of nitrogens with zero attached hydrogens (tertiary/aromatic N) is 2. The summed E-state index contributed by atoms with van der Waals surface area (Å²) in [4.78, 5) is 15.8. The number of ether oxygens (including phenoxy) is 2. The molecule has 0 aliphatic carbocycles. The second-order valence-corrected chi connectivity index (χ2v) is 7.85. The Morgan fingerprint density at radius 2 is 2.03 bits per heavy atom. The number of carbonyl (C=O) groups excluding carboxylic acids is 1. The predicted octanol–water partition coefficient (Wildman–Crippen LogP) is 2.94. The summed E-state index contributed by atoms with van der Waals surface area (Å²) in [5.41, 5.74) is 3.81. The first-order chi connectivity index (χ1) is 14.2. The van der Waals surface area contributed by atoms with Crippen LogP contribution in [0.3, 0.4) is 0 Å². The minimum absolute atomic E-state index is 0.159. The van der Waals surface area contributed by atoms with E-state index < -0.39 is 0 Å². The number of amides is 1. The molecule has 1 amide bonds. The zero-order valence-electron chi connectivity index (χ0n) is 16.5. The van der Waals surface area contributed by atoms with Crippen LogP contribution >= 0.6 is 11.3 Å². The van der Waals surface area contributed by atoms with Crippen molar-refractivity contribution in [3.63, 3.8) is 0 Å². The molecule has 0 spiro atoms. The third kappa shape index (κ3) is 4.28. The Bertz CT molecular complexity index is 984. The summed E-state index contributed by atoms with van der Waals surface area (Å²) >= 11 is 1.61. The Morgan fingerprint density at radius 1 is 1.24 bits per heavy atom. The van der Waals surface area contributed by atoms with E-state index in [1.807, 2.05) is 17.5 Å². The third-order valence-electron chi connectivity index (χ3n) is 5.11. The molecule has 4 rings (SSSR count). The second-order valence-electron chi connectivity index (χ2n) is 6.90. The molecule has 1 aromatic carbocycles. The normalized spacial score (nSPS) is 13.7. The molecule has 1 aliphatic heterocycles. The summed E-state index contributed by atoms with van der Waals surface area (Å²) in [5, 5.41) is 12.0. The molecule has 0 saturated carbocycles. The minimum Gasteiger partial charge on any atom is -0.493 e. The van der Waals surface area contributed by atoms with Gasteiger partial charge in [-0.1, -0.05) is 6.07 Å². The molecule has 3 heterocycles. The van der Waals surface area contributed by atoms with E-state index in [4.69, 9.17) is 9.47 Å². The molecule has 0 fully saturated rings. The molecular formula is C21H24N4O3S. The van der Waals surface area contributed by atoms with Gasteiger partial charge in [-0.05, 0) is 47.2 Å². The maximum Gasteiger partial charge on any atom is 0.271 e. The molecule has 2 N–H and O–H groups in total. The number of aromatic nitrogens is 2. The average molecular weight is 413 g/mol. The highest BCUT2D eigenvalue weighted by molar-refractivity contribution is 7.13. The van der Waals surface area contributed by atoms with Crippen molar-refractivity contribution in [2.24, 2.45) is 0 Å². The van der Waals surface area contributed by atoms with Crippen molar-refractivity contribution >= 4 is 17.2 Å². The summed E-state index contributed by atoms with van der Waals surface area (Å²) in [7, 11) is 3.31. The Labute approximate surface area is 173 Å². The number of aromatic amines is 1. The number of methoxy groups -OCH3 is 2. The lowest BCUT2D eigenvalue weighted by atomic mass is 9.99. The first-order valence-corrected chi connectivity index (χ1v) is 10.4. The van der Waals surface area contributed by atoms with E-state index in [1.165, 1.54) is 11.1 Å². The first kappa shape index (κ1) is 19.5. The molecule has 0 atom stereocenters. The molecule has 1 aliphatic rings. The molecule has 0 unspecified atom stereocenters. The van der Waals surface area contributed by atoms with Gasteiger partial charge in [-0.25, -0.2) is 0 Å². The first-order valence-electron chi connectivity index (χ1n) is 9.51. The topological polar surface area (TPSA) is 79.5 Å². The number of carbonyl (C=O) groups is 1. The standard InChI is InChI=1S/C21H24N4O3S/c1-27-18-10-14-5-7-25(13-15(14)11-19(18)28-2)8-6-22-21(26)17-12-16(23-24-17)20-4-3-9-29-20/h3-4,9-12H,5-8,13H2,1-2H3,(H,22,26)(H,23,24). The van der Waals surface area contributed by atoms with Gasteiger partial charge in [0.15, 0.2) is 17.2 Å². The Balaban J connectivity index is 1.31. The van der Waals surface area contributed by atoms with Crippen molar-refractivity contribution in [1.82, 2.24) is 20.4 Å². The molecule has 8 heteroatoms. The summed E-state index contributed by atoms with van der Waals surface area (Å²) < 4.78 is 10.8. The van der Waals surface area contributed by atoms with Crippen LogP contribution in [0.15, 0.2) is 35.7 Å². The van der Waals surface area contributed by atoms with Gasteiger partial charge in [-0.15, -0.1) is 11.3 Å². The Hall–Kier alpha value is -2.84. The lowest BCUT2D eigenvalue weighted by Crippen LogP contribution is -2.38. The second kappa shape index (κ2) is 8.67. The smallest absolute Gasteiger partial charge is 0.271 e. The molecule has 0 radical (unpaired) electrons. The van der Waals surface area contributed by atoms with E-state index in [0.717, 1.165) is 48.1 Å². The van der Waals surface area contributed by atoms with Crippen LogP contribution in [-0.2, 0) is 13.0 Å². The van der Waals surface area contributed by atoms with Gasteiger partial charge in [0.1, 0.15) is 0 Å². The highest BCUT2D eigenvalue weighted by Gasteiger charge is 2.19. The zero-order chi connectivity index (χ0) is 20.2. The molecule has 2 aromatic heterocycles. The van der Waals surface area contributed by atoms with E-state index >= 15 is 0 Å². The number of H-pyrrole nitrogens is 1. The van der Waals surface area contributed by atoms with Crippen LogP contribution in [0.2, 0.25) is 0 Å². The highest BCUT2D eigenvalue weighted by atomic mass is 32.1. The van der Waals surface area contributed by atoms with Gasteiger partial charge in [0.2, 0.25) is 0 Å². The fraction of sp³-hybridized carbons (Fsp3) is 0.333. The monoisotopic (exact) mass is 412 g/mol. The van der Waals surface area contributed by atoms with Crippen LogP contribution < -0.4 is 14.8 Å². The van der Waals surface area contributed by atoms with Crippen molar-refractivity contribution in [2.75, 3.05) is 33.9 Å². The van der Waals surface area contributed by atoms with Crippen molar-refractivity contribution < 1.29 is 14.3 Å². The molecule has 3 aromatic rings. The van der Waals surface area contributed by atoms with Crippen LogP contribution in [0.4, 0.5) is 0 Å². The fourth-order valence-corrected chi connectivity index (χ4v) is 4.24. The van der Waals surface area contributed by atoms with Crippen LogP contribution in [0, 0.1) is 0 Å². The third-order valence-corrected chi connectivity index (χ3v) is 6.01. The van der Waals surface area contributed by atoms with Crippen molar-refractivity contribution in [3.05, 3.63) is 52.5 Å². The van der Waals surface area contributed by atoms with E-state index in [9.17, 15) is 4.79 Å². The summed E-state index contributed by atoms with van der Waals surface area (Å²) in [5.74, 6) is 1.36. The Morgan fingerprint density at radius 3 is 2.76 bits per heavy atom. The number of thiophene rings is 1. The molecule has 152 valence electrons. The number of rotatable bonds is 7. The quantitative estimate of drug-likeness (QED) is 0.624. The molecule has 0 saturated heterocycles. The van der Waals surface area contributed by atoms with Crippen molar-refractivity contribution in [2.45, 2.75) is 13.0 Å². The van der Waals surface area contributed by atoms with Gasteiger partial charge in [0, 0.05) is 26.2 Å². The molecular weight excluding hydrogens is 388 g/mol.